The van der Waals surface area contributed by atoms with Crippen molar-refractivity contribution < 1.29 is 0 Å². The van der Waals surface area contributed by atoms with Crippen LogP contribution in [0.2, 0.25) is 0 Å². The molecular weight excluding hydrogens is 248 g/mol. The highest BCUT2D eigenvalue weighted by atomic mass is 79.9. The minimum Gasteiger partial charge on any atom is -0.296 e. The van der Waals surface area contributed by atoms with E-state index in [-0.39, 0.29) is 18.2 Å². The Morgan fingerprint density at radius 2 is 1.64 bits per heavy atom. The van der Waals surface area contributed by atoms with E-state index in [1.54, 1.807) is 5.56 Å². The van der Waals surface area contributed by atoms with E-state index >= 15 is 0 Å². The van der Waals surface area contributed by atoms with Crippen molar-refractivity contribution in [2.45, 2.75) is 38.0 Å². The highest BCUT2D eigenvalue weighted by molar-refractivity contribution is 9.23. The Labute approximate surface area is 102 Å². The molecule has 0 nitrogen and oxygen atoms in total. The second kappa shape index (κ2) is 5.52. The van der Waals surface area contributed by atoms with E-state index in [0.29, 0.717) is 0 Å². The van der Waals surface area contributed by atoms with E-state index in [1.807, 2.05) is 0 Å². The molecular formula is C12H15BrMg. The van der Waals surface area contributed by atoms with Crippen LogP contribution in [0.5, 0.6) is 0 Å². The second-order valence-corrected chi connectivity index (χ2v) is 6.98. The summed E-state index contributed by atoms with van der Waals surface area (Å²) >= 11 is 3.48. The molecule has 0 bridgehead atoms. The fraction of sp³-hybridized carbons (Fsp3) is 0.500. The Bertz CT molecular complexity index is 275. The molecule has 1 aliphatic carbocycles. The smallest absolute Gasteiger partial charge is 0.296 e. The van der Waals surface area contributed by atoms with Crippen LogP contribution in [0.3, 0.4) is 0 Å². The molecule has 0 aromatic heterocycles. The van der Waals surface area contributed by atoms with Crippen LogP contribution in [0.25, 0.3) is 0 Å². The molecule has 1 aliphatic rings. The van der Waals surface area contributed by atoms with E-state index < -0.39 is 0 Å². The summed E-state index contributed by atoms with van der Waals surface area (Å²) in [5.41, 5.74) is 1.57. The number of benzene rings is 1. The largest absolute Gasteiger partial charge is 0.506 e. The van der Waals surface area contributed by atoms with E-state index in [1.165, 1.54) is 35.8 Å². The van der Waals surface area contributed by atoms with Crippen molar-refractivity contribution in [3.05, 3.63) is 29.8 Å². The van der Waals surface area contributed by atoms with E-state index in [2.05, 4.69) is 37.1 Å². The molecule has 0 radical (unpaired) electrons. The van der Waals surface area contributed by atoms with Crippen LogP contribution in [-0.2, 0) is 0 Å². The molecule has 72 valence electrons. The lowest BCUT2D eigenvalue weighted by Crippen LogP contribution is -2.10. The predicted molar refractivity (Wildman–Crippen MR) is 66.6 cm³/mol. The van der Waals surface area contributed by atoms with E-state index in [9.17, 15) is 0 Å². The first kappa shape index (κ1) is 11.0. The van der Waals surface area contributed by atoms with Gasteiger partial charge >= 0.3 is 18.2 Å². The molecule has 0 amide bonds. The van der Waals surface area contributed by atoms with Crippen molar-refractivity contribution in [3.63, 3.8) is 0 Å². The van der Waals surface area contributed by atoms with Crippen molar-refractivity contribution in [2.75, 3.05) is 0 Å². The quantitative estimate of drug-likeness (QED) is 0.718. The molecule has 0 spiro atoms. The number of rotatable bonds is 2. The first-order valence-electron chi connectivity index (χ1n) is 5.55. The van der Waals surface area contributed by atoms with Crippen LogP contribution >= 0.6 is 12.9 Å². The normalized spacial score (nSPS) is 17.8. The lowest BCUT2D eigenvalue weighted by Gasteiger charge is -2.22. The van der Waals surface area contributed by atoms with Crippen molar-refractivity contribution in [3.8, 4) is 0 Å². The molecule has 0 heterocycles. The van der Waals surface area contributed by atoms with Crippen molar-refractivity contribution in [1.82, 2.24) is 0 Å². The summed E-state index contributed by atoms with van der Waals surface area (Å²) in [7, 11) is 0. The molecule has 1 aromatic carbocycles. The van der Waals surface area contributed by atoms with Gasteiger partial charge in [0.05, 0.1) is 0 Å². The van der Waals surface area contributed by atoms with Crippen LogP contribution in [0.4, 0.5) is 0 Å². The van der Waals surface area contributed by atoms with Gasteiger partial charge in [-0.3, -0.25) is 12.9 Å². The van der Waals surface area contributed by atoms with Crippen molar-refractivity contribution >= 4 is 34.8 Å². The van der Waals surface area contributed by atoms with Gasteiger partial charge in [-0.15, -0.1) is 0 Å². The summed E-state index contributed by atoms with van der Waals surface area (Å²) in [5.74, 6) is 0.856. The van der Waals surface area contributed by atoms with Gasteiger partial charge in [-0.1, -0.05) is 43.5 Å². The van der Waals surface area contributed by atoms with Gasteiger partial charge in [0.15, 0.2) is 0 Å². The lowest BCUT2D eigenvalue weighted by atomic mass is 9.84. The van der Waals surface area contributed by atoms with Gasteiger partial charge in [-0.05, 0) is 24.3 Å². The first-order chi connectivity index (χ1) is 6.90. The highest BCUT2D eigenvalue weighted by Gasteiger charge is 2.14. The lowest BCUT2D eigenvalue weighted by molar-refractivity contribution is 0.443. The molecule has 1 aromatic rings. The zero-order valence-corrected chi connectivity index (χ0v) is 11.5. The Hall–Kier alpha value is 0.466. The molecule has 1 fully saturated rings. The van der Waals surface area contributed by atoms with E-state index in [0.717, 1.165) is 5.92 Å². The predicted octanol–water partition coefficient (Wildman–Crippen LogP) is 3.37. The summed E-state index contributed by atoms with van der Waals surface area (Å²) in [5, 5.41) is 0. The minimum atomic E-state index is -0.141. The third-order valence-corrected chi connectivity index (χ3v) is 5.93. The monoisotopic (exact) mass is 262 g/mol. The summed E-state index contributed by atoms with van der Waals surface area (Å²) in [6.45, 7) is 0. The number of hydrogen-bond donors (Lipinski definition) is 0. The molecule has 2 heteroatoms. The maximum atomic E-state index is 3.62. The third-order valence-electron chi connectivity index (χ3n) is 3.21. The van der Waals surface area contributed by atoms with Crippen LogP contribution < -0.4 is 3.69 Å². The van der Waals surface area contributed by atoms with Crippen molar-refractivity contribution in [2.24, 2.45) is 0 Å². The fourth-order valence-corrected chi connectivity index (χ4v) is 3.85. The Morgan fingerprint density at radius 1 is 1.00 bits per heavy atom. The fourth-order valence-electron chi connectivity index (χ4n) is 2.31. The summed E-state index contributed by atoms with van der Waals surface area (Å²) in [6.07, 6.45) is 7.12. The minimum absolute atomic E-state index is 0.141. The van der Waals surface area contributed by atoms with Gasteiger partial charge in [-0.25, -0.2) is 0 Å². The van der Waals surface area contributed by atoms with Gasteiger partial charge in [0, 0.05) is 0 Å². The first-order valence-corrected chi connectivity index (χ1v) is 10.2. The topological polar surface area (TPSA) is 0 Å². The van der Waals surface area contributed by atoms with Gasteiger partial charge in [0.25, 0.3) is 0 Å². The van der Waals surface area contributed by atoms with Gasteiger partial charge < -0.3 is 0 Å². The van der Waals surface area contributed by atoms with Gasteiger partial charge in [0.1, 0.15) is 0 Å². The molecule has 1 saturated carbocycles. The zero-order chi connectivity index (χ0) is 9.80. The maximum absolute atomic E-state index is 3.62. The molecule has 2 rings (SSSR count). The average molecular weight is 263 g/mol. The van der Waals surface area contributed by atoms with Crippen LogP contribution in [-0.4, -0.2) is 18.2 Å². The summed E-state index contributed by atoms with van der Waals surface area (Å²) in [6, 6.07) is 9.31. The Morgan fingerprint density at radius 3 is 2.21 bits per heavy atom. The Balaban J connectivity index is 2.07. The molecule has 0 saturated heterocycles. The summed E-state index contributed by atoms with van der Waals surface area (Å²) in [4.78, 5) is 0. The number of hydrogen-bond acceptors (Lipinski definition) is 0. The Kier molecular flexibility index (Phi) is 4.33. The summed E-state index contributed by atoms with van der Waals surface area (Å²) < 4.78 is 1.52. The molecule has 0 N–H and O–H groups in total. The van der Waals surface area contributed by atoms with Gasteiger partial charge in [-0.2, -0.15) is 3.69 Å². The van der Waals surface area contributed by atoms with Crippen molar-refractivity contribution in [1.29, 1.82) is 0 Å². The molecule has 14 heavy (non-hydrogen) atoms. The van der Waals surface area contributed by atoms with Gasteiger partial charge in [0.2, 0.25) is 0 Å². The second-order valence-electron chi connectivity index (χ2n) is 4.21. The zero-order valence-electron chi connectivity index (χ0n) is 8.51. The molecule has 0 aliphatic heterocycles. The standard InChI is InChI=1S/C12H15.BrH.Mg/c1-3-7-11(8-4-1)12-9-5-2-6-10-12;;/h5-6,9-11H,1,3-4,7-8H2;1H;/q;;+1/p-1. The van der Waals surface area contributed by atoms with Crippen LogP contribution in [0, 0.1) is 0 Å². The average Bonchev–Trinajstić information content (AvgIpc) is 2.30. The van der Waals surface area contributed by atoms with Crippen LogP contribution in [0.1, 0.15) is 43.6 Å². The maximum Gasteiger partial charge on any atom is 0.506 e. The number of halogens is 1. The SMILES string of the molecule is [Br][Mg][c]1ccc(C2CCCCC2)cc1. The van der Waals surface area contributed by atoms with Crippen LogP contribution in [0.15, 0.2) is 24.3 Å². The molecule has 0 unspecified atom stereocenters. The highest BCUT2D eigenvalue weighted by Crippen LogP contribution is 2.31. The molecule has 0 atom stereocenters. The third kappa shape index (κ3) is 2.74. The van der Waals surface area contributed by atoms with E-state index in [4.69, 9.17) is 0 Å².